The Kier molecular flexibility index (Phi) is 4.56. The third-order valence-electron chi connectivity index (χ3n) is 2.79. The molecule has 1 aromatic rings. The molecule has 1 atom stereocenters. The third kappa shape index (κ3) is 4.57. The van der Waals surface area contributed by atoms with Crippen molar-refractivity contribution in [2.24, 2.45) is 0 Å². The number of hydrogen-bond donors (Lipinski definition) is 0. The van der Waals surface area contributed by atoms with E-state index in [4.69, 9.17) is 9.47 Å². The molecular formula is C14H18O3. The zero-order valence-electron chi connectivity index (χ0n) is 9.93. The van der Waals surface area contributed by atoms with Crippen molar-refractivity contribution in [2.75, 3.05) is 13.2 Å². The van der Waals surface area contributed by atoms with Crippen LogP contribution in [0, 0.1) is 0 Å². The molecule has 1 aliphatic rings. The van der Waals surface area contributed by atoms with Gasteiger partial charge in [-0.15, -0.1) is 0 Å². The number of ether oxygens (including phenoxy) is 2. The first-order valence-electron chi connectivity index (χ1n) is 6.18. The van der Waals surface area contributed by atoms with E-state index in [1.54, 1.807) is 0 Å². The first kappa shape index (κ1) is 12.1. The summed E-state index contributed by atoms with van der Waals surface area (Å²) in [6, 6.07) is 10.4. The van der Waals surface area contributed by atoms with Crippen molar-refractivity contribution < 1.29 is 14.3 Å². The van der Waals surface area contributed by atoms with Gasteiger partial charge in [-0.05, 0) is 31.2 Å². The van der Waals surface area contributed by atoms with Crippen molar-refractivity contribution in [3.63, 3.8) is 0 Å². The molecule has 17 heavy (non-hydrogen) atoms. The van der Waals surface area contributed by atoms with Gasteiger partial charge in [0.2, 0.25) is 0 Å². The number of carbonyl (C=O) groups excluding carboxylic acids is 1. The number of hydrogen-bond acceptors (Lipinski definition) is 3. The molecule has 0 aliphatic carbocycles. The fraction of sp³-hybridized carbons (Fsp3) is 0.500. The number of aryl methyl sites for hydroxylation is 1. The molecule has 1 heterocycles. The van der Waals surface area contributed by atoms with E-state index in [1.807, 2.05) is 6.07 Å². The molecule has 1 aliphatic heterocycles. The van der Waals surface area contributed by atoms with Crippen molar-refractivity contribution in [1.29, 1.82) is 0 Å². The maximum absolute atomic E-state index is 11.1. The summed E-state index contributed by atoms with van der Waals surface area (Å²) in [5.41, 5.74) is 1.37. The van der Waals surface area contributed by atoms with Crippen LogP contribution in [0.1, 0.15) is 24.8 Å². The van der Waals surface area contributed by atoms with Gasteiger partial charge in [0, 0.05) is 0 Å². The minimum Gasteiger partial charge on any atom is -0.464 e. The molecule has 0 radical (unpaired) electrons. The molecule has 0 saturated carbocycles. The Morgan fingerprint density at radius 1 is 1.24 bits per heavy atom. The Morgan fingerprint density at radius 3 is 2.71 bits per heavy atom. The summed E-state index contributed by atoms with van der Waals surface area (Å²) in [4.78, 5) is 11.1. The fourth-order valence-corrected chi connectivity index (χ4v) is 1.70. The van der Waals surface area contributed by atoms with Gasteiger partial charge in [0.05, 0.1) is 13.2 Å². The first-order chi connectivity index (χ1) is 8.36. The highest BCUT2D eigenvalue weighted by atomic mass is 16.6. The molecule has 0 N–H and O–H groups in total. The van der Waals surface area contributed by atoms with E-state index >= 15 is 0 Å². The maximum Gasteiger partial charge on any atom is 0.337 e. The maximum atomic E-state index is 11.1. The predicted octanol–water partition coefficient (Wildman–Crippen LogP) is 2.34. The van der Waals surface area contributed by atoms with E-state index < -0.39 is 0 Å². The summed E-state index contributed by atoms with van der Waals surface area (Å²) in [6.07, 6.45) is 4.00. The van der Waals surface area contributed by atoms with Crippen LogP contribution in [-0.4, -0.2) is 25.3 Å². The van der Waals surface area contributed by atoms with Crippen LogP contribution >= 0.6 is 0 Å². The fourth-order valence-electron chi connectivity index (χ4n) is 1.70. The highest BCUT2D eigenvalue weighted by Gasteiger charge is 2.32. The summed E-state index contributed by atoms with van der Waals surface area (Å²) in [7, 11) is 0. The topological polar surface area (TPSA) is 38.8 Å². The molecule has 3 heteroatoms. The number of unbranched alkanes of at least 4 members (excludes halogenated alkanes) is 2. The SMILES string of the molecule is O=C(OCCCCCc1ccccc1)C1CO1. The number of carbonyl (C=O) groups is 1. The van der Waals surface area contributed by atoms with Gasteiger partial charge in [-0.25, -0.2) is 4.79 Å². The summed E-state index contributed by atoms with van der Waals surface area (Å²) in [5, 5.41) is 0. The zero-order chi connectivity index (χ0) is 11.9. The monoisotopic (exact) mass is 234 g/mol. The van der Waals surface area contributed by atoms with Gasteiger partial charge in [-0.1, -0.05) is 30.3 Å². The number of rotatable bonds is 7. The van der Waals surface area contributed by atoms with Gasteiger partial charge in [0.15, 0.2) is 6.10 Å². The summed E-state index contributed by atoms with van der Waals surface area (Å²) >= 11 is 0. The van der Waals surface area contributed by atoms with Crippen molar-refractivity contribution in [3.8, 4) is 0 Å². The van der Waals surface area contributed by atoms with Crippen molar-refractivity contribution in [2.45, 2.75) is 31.8 Å². The van der Waals surface area contributed by atoms with Crippen molar-refractivity contribution in [1.82, 2.24) is 0 Å². The third-order valence-corrected chi connectivity index (χ3v) is 2.79. The number of epoxide rings is 1. The van der Waals surface area contributed by atoms with Crippen molar-refractivity contribution >= 4 is 5.97 Å². The second-order valence-electron chi connectivity index (χ2n) is 4.29. The lowest BCUT2D eigenvalue weighted by atomic mass is 10.1. The van der Waals surface area contributed by atoms with Crippen LogP contribution in [0.15, 0.2) is 30.3 Å². The number of benzene rings is 1. The average Bonchev–Trinajstić information content (AvgIpc) is 3.19. The van der Waals surface area contributed by atoms with E-state index in [1.165, 1.54) is 5.56 Å². The van der Waals surface area contributed by atoms with E-state index in [9.17, 15) is 4.79 Å². The smallest absolute Gasteiger partial charge is 0.337 e. The molecule has 0 aromatic heterocycles. The predicted molar refractivity (Wildman–Crippen MR) is 64.7 cm³/mol. The molecule has 1 aromatic carbocycles. The summed E-state index contributed by atoms with van der Waals surface area (Å²) < 4.78 is 9.89. The molecule has 2 rings (SSSR count). The quantitative estimate of drug-likeness (QED) is 0.413. The molecule has 0 spiro atoms. The van der Waals surface area contributed by atoms with Crippen LogP contribution < -0.4 is 0 Å². The second-order valence-corrected chi connectivity index (χ2v) is 4.29. The van der Waals surface area contributed by atoms with Crippen LogP contribution in [-0.2, 0) is 20.7 Å². The summed E-state index contributed by atoms with van der Waals surface area (Å²) in [5.74, 6) is -0.201. The Hall–Kier alpha value is -1.35. The van der Waals surface area contributed by atoms with E-state index in [-0.39, 0.29) is 12.1 Å². The average molecular weight is 234 g/mol. The standard InChI is InChI=1S/C14H18O3/c15-14(13-11-17-13)16-10-6-2-5-9-12-7-3-1-4-8-12/h1,3-4,7-8,13H,2,5-6,9-11H2. The van der Waals surface area contributed by atoms with Crippen LogP contribution in [0.4, 0.5) is 0 Å². The van der Waals surface area contributed by atoms with Crippen molar-refractivity contribution in [3.05, 3.63) is 35.9 Å². The van der Waals surface area contributed by atoms with Gasteiger partial charge in [0.25, 0.3) is 0 Å². The zero-order valence-corrected chi connectivity index (χ0v) is 9.93. The molecule has 3 nitrogen and oxygen atoms in total. The highest BCUT2D eigenvalue weighted by Crippen LogP contribution is 2.11. The van der Waals surface area contributed by atoms with Gasteiger partial charge >= 0.3 is 5.97 Å². The van der Waals surface area contributed by atoms with E-state index in [2.05, 4.69) is 24.3 Å². The Balaban J connectivity index is 1.47. The normalized spacial score (nSPS) is 17.8. The van der Waals surface area contributed by atoms with Gasteiger partial charge < -0.3 is 9.47 Å². The Bertz CT molecular complexity index is 344. The molecule has 92 valence electrons. The lowest BCUT2D eigenvalue weighted by molar-refractivity contribution is -0.145. The lowest BCUT2D eigenvalue weighted by Crippen LogP contribution is -2.12. The van der Waals surface area contributed by atoms with Gasteiger partial charge in [-0.3, -0.25) is 0 Å². The van der Waals surface area contributed by atoms with Crippen LogP contribution in [0.25, 0.3) is 0 Å². The highest BCUT2D eigenvalue weighted by molar-refractivity contribution is 5.76. The van der Waals surface area contributed by atoms with Crippen LogP contribution in [0.5, 0.6) is 0 Å². The Labute approximate surface area is 102 Å². The molecule has 0 amide bonds. The molecule has 1 saturated heterocycles. The van der Waals surface area contributed by atoms with E-state index in [0.717, 1.165) is 25.7 Å². The second kappa shape index (κ2) is 6.40. The first-order valence-corrected chi connectivity index (χ1v) is 6.18. The van der Waals surface area contributed by atoms with Gasteiger partial charge in [0.1, 0.15) is 0 Å². The van der Waals surface area contributed by atoms with E-state index in [0.29, 0.717) is 13.2 Å². The number of esters is 1. The Morgan fingerprint density at radius 2 is 2.00 bits per heavy atom. The van der Waals surface area contributed by atoms with Gasteiger partial charge in [-0.2, -0.15) is 0 Å². The largest absolute Gasteiger partial charge is 0.464 e. The minimum atomic E-state index is -0.265. The molecule has 1 unspecified atom stereocenters. The molecular weight excluding hydrogens is 216 g/mol. The molecule has 1 fully saturated rings. The molecule has 0 bridgehead atoms. The van der Waals surface area contributed by atoms with Crippen LogP contribution in [0.2, 0.25) is 0 Å². The lowest BCUT2D eigenvalue weighted by Gasteiger charge is -2.03. The minimum absolute atomic E-state index is 0.201. The van der Waals surface area contributed by atoms with Crippen LogP contribution in [0.3, 0.4) is 0 Å². The summed E-state index contributed by atoms with van der Waals surface area (Å²) in [6.45, 7) is 1.06.